The second kappa shape index (κ2) is 9.49. The van der Waals surface area contributed by atoms with E-state index in [0.717, 1.165) is 36.9 Å². The lowest BCUT2D eigenvalue weighted by molar-refractivity contribution is -0.141. The van der Waals surface area contributed by atoms with Crippen LogP contribution < -0.4 is 9.62 Å². The largest absolute Gasteiger partial charge is 0.378 e. The molecule has 1 saturated carbocycles. The van der Waals surface area contributed by atoms with Crippen molar-refractivity contribution in [3.63, 3.8) is 0 Å². The lowest BCUT2D eigenvalue weighted by atomic mass is 9.81. The lowest BCUT2D eigenvalue weighted by Crippen LogP contribution is -2.44. The van der Waals surface area contributed by atoms with Crippen molar-refractivity contribution in [1.29, 1.82) is 0 Å². The van der Waals surface area contributed by atoms with Crippen LogP contribution in [0.2, 0.25) is 0 Å². The second-order valence-corrected chi connectivity index (χ2v) is 11.0. The highest BCUT2D eigenvalue weighted by Gasteiger charge is 2.32. The van der Waals surface area contributed by atoms with Gasteiger partial charge >= 0.3 is 0 Å². The first kappa shape index (κ1) is 23.2. The minimum absolute atomic E-state index is 0.0313. The number of hydrogen-bond donors (Lipinski definition) is 1. The summed E-state index contributed by atoms with van der Waals surface area (Å²) in [5.41, 5.74) is 1.69. The highest BCUT2D eigenvalue weighted by Crippen LogP contribution is 2.34. The Balaban J connectivity index is 1.31. The maximum atomic E-state index is 12.9. The number of nitrogens with one attached hydrogen (secondary N) is 1. The Labute approximate surface area is 190 Å². The van der Waals surface area contributed by atoms with Gasteiger partial charge in [-0.25, -0.2) is 13.1 Å². The molecule has 1 saturated heterocycles. The van der Waals surface area contributed by atoms with E-state index in [2.05, 4.69) is 4.72 Å². The van der Waals surface area contributed by atoms with Crippen molar-refractivity contribution in [3.8, 4) is 0 Å². The monoisotopic (exact) mass is 463 g/mol. The predicted octanol–water partition coefficient (Wildman–Crippen LogP) is 1.93. The van der Waals surface area contributed by atoms with E-state index < -0.39 is 10.0 Å². The fourth-order valence-corrected chi connectivity index (χ4v) is 6.39. The standard InChI is InChI=1S/C23H33N3O5S/c1-16-13-20-14-21(7-8-22(20)26(16)17(2)27)32(29,30)24-15-18-3-5-19(6-4-18)23(28)25-9-11-31-12-10-25/h7-8,14,16,18-19,24H,3-6,9-13,15H2,1-2H3/t16-,18?,19?/m0/s1. The summed E-state index contributed by atoms with van der Waals surface area (Å²) in [7, 11) is -3.63. The molecule has 1 N–H and O–H groups in total. The molecule has 1 aliphatic carbocycles. The number of ether oxygens (including phenoxy) is 1. The molecule has 32 heavy (non-hydrogen) atoms. The number of nitrogens with zero attached hydrogens (tertiary/aromatic N) is 2. The van der Waals surface area contributed by atoms with E-state index in [9.17, 15) is 18.0 Å². The van der Waals surface area contributed by atoms with Gasteiger partial charge in [0.15, 0.2) is 0 Å². The summed E-state index contributed by atoms with van der Waals surface area (Å²) in [6.45, 7) is 6.43. The van der Waals surface area contributed by atoms with E-state index in [-0.39, 0.29) is 34.6 Å². The van der Waals surface area contributed by atoms with Crippen molar-refractivity contribution < 1.29 is 22.7 Å². The smallest absolute Gasteiger partial charge is 0.240 e. The molecule has 2 aliphatic heterocycles. The zero-order chi connectivity index (χ0) is 22.9. The van der Waals surface area contributed by atoms with Crippen LogP contribution in [-0.4, -0.2) is 64.0 Å². The first-order chi connectivity index (χ1) is 15.3. The summed E-state index contributed by atoms with van der Waals surface area (Å²) in [6, 6.07) is 5.03. The number of amides is 2. The third-order valence-electron chi connectivity index (χ3n) is 7.00. The van der Waals surface area contributed by atoms with Crippen LogP contribution in [-0.2, 0) is 30.8 Å². The average molecular weight is 464 g/mol. The molecule has 0 radical (unpaired) electrons. The van der Waals surface area contributed by atoms with Gasteiger partial charge in [0.1, 0.15) is 0 Å². The molecule has 2 heterocycles. The van der Waals surface area contributed by atoms with Crippen LogP contribution in [0.15, 0.2) is 23.1 Å². The summed E-state index contributed by atoms with van der Waals surface area (Å²) < 4.78 is 33.9. The molecular formula is C23H33N3O5S. The minimum Gasteiger partial charge on any atom is -0.378 e. The minimum atomic E-state index is -3.63. The number of sulfonamides is 1. The number of rotatable bonds is 5. The molecule has 0 unspecified atom stereocenters. The quantitative estimate of drug-likeness (QED) is 0.720. The maximum absolute atomic E-state index is 12.9. The molecule has 9 heteroatoms. The number of hydrogen-bond acceptors (Lipinski definition) is 5. The van der Waals surface area contributed by atoms with Gasteiger partial charge < -0.3 is 14.5 Å². The van der Waals surface area contributed by atoms with E-state index in [0.29, 0.717) is 39.3 Å². The average Bonchev–Trinajstić information content (AvgIpc) is 3.13. The molecular weight excluding hydrogens is 430 g/mol. The summed E-state index contributed by atoms with van der Waals surface area (Å²) in [6.07, 6.45) is 3.96. The number of fused-ring (bicyclic) bond motifs is 1. The van der Waals surface area contributed by atoms with Crippen LogP contribution in [0.3, 0.4) is 0 Å². The number of carbonyl (C=O) groups excluding carboxylic acids is 2. The molecule has 0 aromatic heterocycles. The SMILES string of the molecule is CC(=O)N1c2ccc(S(=O)(=O)NCC3CCC(C(=O)N4CCOCC4)CC3)cc2C[C@@H]1C. The van der Waals surface area contributed by atoms with Gasteiger partial charge in [-0.3, -0.25) is 9.59 Å². The van der Waals surface area contributed by atoms with E-state index in [1.165, 1.54) is 6.92 Å². The van der Waals surface area contributed by atoms with Crippen molar-refractivity contribution in [1.82, 2.24) is 9.62 Å². The molecule has 0 spiro atoms. The predicted molar refractivity (Wildman–Crippen MR) is 121 cm³/mol. The molecule has 2 amide bonds. The highest BCUT2D eigenvalue weighted by atomic mass is 32.2. The Morgan fingerprint density at radius 2 is 1.81 bits per heavy atom. The second-order valence-electron chi connectivity index (χ2n) is 9.24. The van der Waals surface area contributed by atoms with Crippen molar-refractivity contribution in [2.75, 3.05) is 37.7 Å². The topological polar surface area (TPSA) is 96.0 Å². The zero-order valence-corrected chi connectivity index (χ0v) is 19.7. The number of benzene rings is 1. The first-order valence-electron chi connectivity index (χ1n) is 11.5. The summed E-state index contributed by atoms with van der Waals surface area (Å²) in [4.78, 5) is 28.4. The van der Waals surface area contributed by atoms with Crippen LogP contribution >= 0.6 is 0 Å². The van der Waals surface area contributed by atoms with E-state index in [4.69, 9.17) is 4.74 Å². The molecule has 1 aromatic carbocycles. The number of morpholine rings is 1. The van der Waals surface area contributed by atoms with E-state index in [1.54, 1.807) is 23.1 Å². The summed E-state index contributed by atoms with van der Waals surface area (Å²) in [5, 5.41) is 0. The number of carbonyl (C=O) groups is 2. The third kappa shape index (κ3) is 4.84. The van der Waals surface area contributed by atoms with Gasteiger partial charge in [-0.05, 0) is 68.7 Å². The van der Waals surface area contributed by atoms with Crippen LogP contribution in [0.1, 0.15) is 45.1 Å². The van der Waals surface area contributed by atoms with Crippen LogP contribution in [0, 0.1) is 11.8 Å². The Kier molecular flexibility index (Phi) is 6.88. The zero-order valence-electron chi connectivity index (χ0n) is 18.9. The highest BCUT2D eigenvalue weighted by molar-refractivity contribution is 7.89. The summed E-state index contributed by atoms with van der Waals surface area (Å²) in [5.74, 6) is 0.469. The maximum Gasteiger partial charge on any atom is 0.240 e. The molecule has 0 bridgehead atoms. The van der Waals surface area contributed by atoms with Crippen LogP contribution in [0.25, 0.3) is 0 Å². The molecule has 4 rings (SSSR count). The van der Waals surface area contributed by atoms with Crippen molar-refractivity contribution >= 4 is 27.5 Å². The van der Waals surface area contributed by atoms with Gasteiger partial charge in [-0.15, -0.1) is 0 Å². The van der Waals surface area contributed by atoms with Crippen molar-refractivity contribution in [3.05, 3.63) is 23.8 Å². The van der Waals surface area contributed by atoms with Gasteiger partial charge in [0.05, 0.1) is 18.1 Å². The molecule has 3 aliphatic rings. The Morgan fingerprint density at radius 1 is 1.12 bits per heavy atom. The molecule has 1 atom stereocenters. The van der Waals surface area contributed by atoms with E-state index in [1.807, 2.05) is 11.8 Å². The Hall–Kier alpha value is -1.97. The summed E-state index contributed by atoms with van der Waals surface area (Å²) >= 11 is 0. The van der Waals surface area contributed by atoms with Gasteiger partial charge in [0.2, 0.25) is 21.8 Å². The van der Waals surface area contributed by atoms with Crippen molar-refractivity contribution in [2.45, 2.75) is 56.9 Å². The lowest BCUT2D eigenvalue weighted by Gasteiger charge is -2.34. The first-order valence-corrected chi connectivity index (χ1v) is 13.0. The molecule has 8 nitrogen and oxygen atoms in total. The van der Waals surface area contributed by atoms with Crippen molar-refractivity contribution in [2.24, 2.45) is 11.8 Å². The van der Waals surface area contributed by atoms with Gasteiger partial charge in [0, 0.05) is 44.2 Å². The van der Waals surface area contributed by atoms with Gasteiger partial charge in [-0.1, -0.05) is 0 Å². The fourth-order valence-electron chi connectivity index (χ4n) is 5.22. The van der Waals surface area contributed by atoms with E-state index >= 15 is 0 Å². The Morgan fingerprint density at radius 3 is 2.47 bits per heavy atom. The molecule has 176 valence electrons. The molecule has 2 fully saturated rings. The van der Waals surface area contributed by atoms with Crippen LogP contribution in [0.4, 0.5) is 5.69 Å². The normalized spacial score (nSPS) is 26.1. The third-order valence-corrected chi connectivity index (χ3v) is 8.42. The van der Waals surface area contributed by atoms with Gasteiger partial charge in [-0.2, -0.15) is 0 Å². The molecule has 1 aromatic rings. The van der Waals surface area contributed by atoms with Gasteiger partial charge in [0.25, 0.3) is 0 Å². The van der Waals surface area contributed by atoms with Crippen LogP contribution in [0.5, 0.6) is 0 Å². The Bertz CT molecular complexity index is 966. The number of anilines is 1. The fraction of sp³-hybridized carbons (Fsp3) is 0.652.